The highest BCUT2D eigenvalue weighted by Crippen LogP contribution is 2.28. The molecule has 0 nitrogen and oxygen atoms in total. The van der Waals surface area contributed by atoms with E-state index < -0.39 is 16.9 Å². The molecule has 1 aliphatic carbocycles. The molecule has 0 atom stereocenters. The Morgan fingerprint density at radius 3 is 2.17 bits per heavy atom. The van der Waals surface area contributed by atoms with Gasteiger partial charge in [0.15, 0.2) is 0 Å². The van der Waals surface area contributed by atoms with Gasteiger partial charge < -0.3 is 0 Å². The van der Waals surface area contributed by atoms with Gasteiger partial charge in [-0.25, -0.2) is 0 Å². The molecule has 0 aromatic rings. The molecular weight excluding hydrogens is 176 g/mol. The van der Waals surface area contributed by atoms with E-state index in [-0.39, 0.29) is 0 Å². The summed E-state index contributed by atoms with van der Waals surface area (Å²) in [4.78, 5) is 0. The third-order valence-electron chi connectivity index (χ3n) is 2.47. The first-order valence-electron chi connectivity index (χ1n) is 4.83. The minimum absolute atomic E-state index is 0.529. The van der Waals surface area contributed by atoms with Gasteiger partial charge in [-0.1, -0.05) is 55.3 Å². The van der Waals surface area contributed by atoms with E-state index in [0.717, 1.165) is 0 Å². The Bertz CT molecular complexity index is 229. The van der Waals surface area contributed by atoms with Gasteiger partial charge in [0.25, 0.3) is 0 Å². The van der Waals surface area contributed by atoms with Crippen LogP contribution in [0.15, 0.2) is 22.5 Å². The molecule has 0 spiro atoms. The van der Waals surface area contributed by atoms with Crippen LogP contribution < -0.4 is 0 Å². The van der Waals surface area contributed by atoms with Gasteiger partial charge in [0.2, 0.25) is 0 Å². The lowest BCUT2D eigenvalue weighted by Gasteiger charge is -2.21. The number of hydrogen-bond donors (Lipinski definition) is 0. The van der Waals surface area contributed by atoms with Crippen molar-refractivity contribution in [1.82, 2.24) is 0 Å². The molecule has 0 N–H and O–H groups in total. The molecule has 12 heavy (non-hydrogen) atoms. The SMILES string of the molecule is C[SiH](C)C1=C([Si](C)(C)C)C=CC1. The van der Waals surface area contributed by atoms with Gasteiger partial charge in [-0.3, -0.25) is 0 Å². The van der Waals surface area contributed by atoms with E-state index in [1.165, 1.54) is 6.42 Å². The molecule has 0 saturated heterocycles. The van der Waals surface area contributed by atoms with Crippen molar-refractivity contribution in [2.75, 3.05) is 0 Å². The Morgan fingerprint density at radius 1 is 1.25 bits per heavy atom. The summed E-state index contributed by atoms with van der Waals surface area (Å²) in [6.45, 7) is 12.3. The average molecular weight is 196 g/mol. The predicted molar refractivity (Wildman–Crippen MR) is 63.0 cm³/mol. The van der Waals surface area contributed by atoms with E-state index in [9.17, 15) is 0 Å². The molecule has 0 radical (unpaired) electrons. The summed E-state index contributed by atoms with van der Waals surface area (Å²) in [6, 6.07) is 0. The zero-order valence-corrected chi connectivity index (χ0v) is 11.1. The van der Waals surface area contributed by atoms with Crippen LogP contribution in [0.4, 0.5) is 0 Å². The van der Waals surface area contributed by atoms with E-state index in [1.54, 1.807) is 5.20 Å². The summed E-state index contributed by atoms with van der Waals surface area (Å²) in [5.74, 6) is 0. The molecule has 0 aromatic carbocycles. The zero-order valence-electron chi connectivity index (χ0n) is 8.94. The second-order valence-electron chi connectivity index (χ2n) is 4.95. The first-order chi connectivity index (χ1) is 5.43. The maximum absolute atomic E-state index is 2.45. The van der Waals surface area contributed by atoms with Crippen LogP contribution in [0.2, 0.25) is 32.7 Å². The second kappa shape index (κ2) is 3.34. The van der Waals surface area contributed by atoms with Crippen molar-refractivity contribution >= 4 is 16.9 Å². The van der Waals surface area contributed by atoms with Crippen LogP contribution >= 0.6 is 0 Å². The van der Waals surface area contributed by atoms with Crippen LogP contribution in [0, 0.1) is 0 Å². The number of allylic oxidation sites excluding steroid dienone is 4. The van der Waals surface area contributed by atoms with Crippen LogP contribution in [-0.4, -0.2) is 16.9 Å². The van der Waals surface area contributed by atoms with Crippen molar-refractivity contribution in [2.45, 2.75) is 39.2 Å². The lowest BCUT2D eigenvalue weighted by Crippen LogP contribution is -2.25. The molecule has 0 unspecified atom stereocenters. The van der Waals surface area contributed by atoms with E-state index >= 15 is 0 Å². The minimum Gasteiger partial charge on any atom is -0.0816 e. The van der Waals surface area contributed by atoms with Crippen LogP contribution in [0.3, 0.4) is 0 Å². The summed E-state index contributed by atoms with van der Waals surface area (Å²) in [5, 5.41) is 3.58. The van der Waals surface area contributed by atoms with E-state index in [4.69, 9.17) is 0 Å². The summed E-state index contributed by atoms with van der Waals surface area (Å²) >= 11 is 0. The lowest BCUT2D eigenvalue weighted by atomic mass is 10.5. The van der Waals surface area contributed by atoms with Crippen molar-refractivity contribution in [3.8, 4) is 0 Å². The Kier molecular flexibility index (Phi) is 2.78. The van der Waals surface area contributed by atoms with Gasteiger partial charge in [0.1, 0.15) is 0 Å². The first-order valence-corrected chi connectivity index (χ1v) is 11.2. The van der Waals surface area contributed by atoms with Gasteiger partial charge in [0.05, 0.1) is 16.9 Å². The summed E-state index contributed by atoms with van der Waals surface area (Å²) < 4.78 is 0. The van der Waals surface area contributed by atoms with Crippen LogP contribution in [0.25, 0.3) is 0 Å². The fourth-order valence-electron chi connectivity index (χ4n) is 1.80. The molecule has 0 heterocycles. The van der Waals surface area contributed by atoms with E-state index in [2.05, 4.69) is 44.9 Å². The Hall–Kier alpha value is -0.0862. The number of rotatable bonds is 2. The Morgan fingerprint density at radius 2 is 1.83 bits per heavy atom. The second-order valence-corrected chi connectivity index (χ2v) is 13.0. The van der Waals surface area contributed by atoms with Gasteiger partial charge in [-0.2, -0.15) is 0 Å². The average Bonchev–Trinajstić information content (AvgIpc) is 2.30. The summed E-state index contributed by atoms with van der Waals surface area (Å²) in [7, 11) is -1.55. The van der Waals surface area contributed by atoms with Crippen LogP contribution in [0.5, 0.6) is 0 Å². The highest BCUT2D eigenvalue weighted by Gasteiger charge is 2.24. The Labute approximate surface area is 79.0 Å². The molecule has 1 aliphatic rings. The van der Waals surface area contributed by atoms with Gasteiger partial charge in [0, 0.05) is 0 Å². The fraction of sp³-hybridized carbons (Fsp3) is 0.600. The van der Waals surface area contributed by atoms with Crippen molar-refractivity contribution in [1.29, 1.82) is 0 Å². The van der Waals surface area contributed by atoms with E-state index in [0.29, 0.717) is 0 Å². The molecule has 68 valence electrons. The molecule has 0 saturated carbocycles. The van der Waals surface area contributed by atoms with Crippen molar-refractivity contribution in [3.05, 3.63) is 22.5 Å². The normalized spacial score (nSPS) is 18.2. The molecule has 0 aliphatic heterocycles. The molecular formula is C10H20Si2. The van der Waals surface area contributed by atoms with E-state index in [1.807, 2.05) is 5.20 Å². The number of hydrogen-bond acceptors (Lipinski definition) is 0. The molecule has 0 amide bonds. The molecule has 1 rings (SSSR count). The third kappa shape index (κ3) is 1.99. The van der Waals surface area contributed by atoms with Crippen LogP contribution in [-0.2, 0) is 0 Å². The quantitative estimate of drug-likeness (QED) is 0.595. The summed E-state index contributed by atoms with van der Waals surface area (Å²) in [6.07, 6.45) is 6.02. The monoisotopic (exact) mass is 196 g/mol. The largest absolute Gasteiger partial charge is 0.0816 e. The molecule has 0 aromatic heterocycles. The van der Waals surface area contributed by atoms with Crippen molar-refractivity contribution < 1.29 is 0 Å². The van der Waals surface area contributed by atoms with Crippen molar-refractivity contribution in [2.24, 2.45) is 0 Å². The van der Waals surface area contributed by atoms with Gasteiger partial charge >= 0.3 is 0 Å². The predicted octanol–water partition coefficient (Wildman–Crippen LogP) is 3.15. The van der Waals surface area contributed by atoms with Crippen LogP contribution in [0.1, 0.15) is 6.42 Å². The van der Waals surface area contributed by atoms with Gasteiger partial charge in [-0.05, 0) is 6.42 Å². The standard InChI is InChI=1S/C10H20Si2/c1-11(2)9-7-6-8-10(9)12(3,4)5/h6,8,11H,7H2,1-5H3. The highest BCUT2D eigenvalue weighted by atomic mass is 28.3. The van der Waals surface area contributed by atoms with Crippen molar-refractivity contribution in [3.63, 3.8) is 0 Å². The van der Waals surface area contributed by atoms with Gasteiger partial charge in [-0.15, -0.1) is 0 Å². The summed E-state index contributed by atoms with van der Waals surface area (Å²) in [5.41, 5.74) is 0. The Balaban J connectivity index is 2.98. The fourth-order valence-corrected chi connectivity index (χ4v) is 6.97. The maximum Gasteiger partial charge on any atom is 0.0770 e. The highest BCUT2D eigenvalue weighted by molar-refractivity contribution is 6.85. The maximum atomic E-state index is 2.45. The topological polar surface area (TPSA) is 0 Å². The first kappa shape index (κ1) is 10.00. The lowest BCUT2D eigenvalue weighted by molar-refractivity contribution is 1.37. The minimum atomic E-state index is -1.02. The zero-order chi connectivity index (χ0) is 9.35. The molecule has 2 heteroatoms. The molecule has 0 bridgehead atoms. The third-order valence-corrected chi connectivity index (χ3v) is 6.81. The molecule has 0 fully saturated rings. The smallest absolute Gasteiger partial charge is 0.0770 e.